The number of hydrogen-bond donors (Lipinski definition) is 2. The third kappa shape index (κ3) is 1.30. The molecule has 60 valence electrons. The Morgan fingerprint density at radius 1 is 1.55 bits per heavy atom. The SMILES string of the molecule is NC(F)(C(=O)O)C1C=CC=C1. The van der Waals surface area contributed by atoms with Crippen LogP contribution in [0.3, 0.4) is 0 Å². The Hall–Kier alpha value is -1.16. The van der Waals surface area contributed by atoms with Crippen LogP contribution >= 0.6 is 0 Å². The summed E-state index contributed by atoms with van der Waals surface area (Å²) >= 11 is 0. The van der Waals surface area contributed by atoms with Gasteiger partial charge >= 0.3 is 5.97 Å². The minimum atomic E-state index is -2.68. The lowest BCUT2D eigenvalue weighted by Crippen LogP contribution is -2.48. The highest BCUT2D eigenvalue weighted by molar-refractivity contribution is 5.77. The molecule has 3 nitrogen and oxygen atoms in total. The summed E-state index contributed by atoms with van der Waals surface area (Å²) in [5.41, 5.74) is 4.90. The summed E-state index contributed by atoms with van der Waals surface area (Å²) < 4.78 is 13.0. The number of nitrogens with two attached hydrogens (primary N) is 1. The van der Waals surface area contributed by atoms with Gasteiger partial charge in [-0.05, 0) is 0 Å². The Labute approximate surface area is 63.0 Å². The van der Waals surface area contributed by atoms with E-state index in [1.807, 2.05) is 0 Å². The van der Waals surface area contributed by atoms with Gasteiger partial charge in [-0.25, -0.2) is 9.18 Å². The molecule has 3 N–H and O–H groups in total. The monoisotopic (exact) mass is 157 g/mol. The lowest BCUT2D eigenvalue weighted by atomic mass is 10.0. The number of aliphatic carboxylic acids is 1. The molecule has 0 aromatic carbocycles. The Balaban J connectivity index is 2.80. The molecule has 1 rings (SSSR count). The predicted octanol–water partition coefficient (Wildman–Crippen LogP) is 0.438. The van der Waals surface area contributed by atoms with E-state index >= 15 is 0 Å². The van der Waals surface area contributed by atoms with Gasteiger partial charge in [-0.15, -0.1) is 0 Å². The summed E-state index contributed by atoms with van der Waals surface area (Å²) in [6.45, 7) is 0. The van der Waals surface area contributed by atoms with Crippen LogP contribution in [0.4, 0.5) is 4.39 Å². The van der Waals surface area contributed by atoms with Crippen LogP contribution in [0.5, 0.6) is 0 Å². The standard InChI is InChI=1S/C7H8FNO2/c8-7(9,6(10)11)5-3-1-2-4-5/h1-5H,9H2,(H,10,11). The number of halogens is 1. The highest BCUT2D eigenvalue weighted by atomic mass is 19.1. The summed E-state index contributed by atoms with van der Waals surface area (Å²) in [5, 5.41) is 8.33. The first-order valence-corrected chi connectivity index (χ1v) is 3.11. The highest BCUT2D eigenvalue weighted by Gasteiger charge is 2.40. The van der Waals surface area contributed by atoms with E-state index in [0.717, 1.165) is 0 Å². The largest absolute Gasteiger partial charge is 0.478 e. The minimum Gasteiger partial charge on any atom is -0.478 e. The van der Waals surface area contributed by atoms with E-state index in [1.165, 1.54) is 12.2 Å². The second-order valence-corrected chi connectivity index (χ2v) is 2.37. The average Bonchev–Trinajstić information content (AvgIpc) is 2.37. The van der Waals surface area contributed by atoms with E-state index in [1.54, 1.807) is 12.2 Å². The Kier molecular flexibility index (Phi) is 1.78. The van der Waals surface area contributed by atoms with Crippen molar-refractivity contribution in [2.75, 3.05) is 0 Å². The van der Waals surface area contributed by atoms with Crippen LogP contribution in [0.1, 0.15) is 0 Å². The maximum absolute atomic E-state index is 13.0. The van der Waals surface area contributed by atoms with E-state index in [0.29, 0.717) is 0 Å². The lowest BCUT2D eigenvalue weighted by Gasteiger charge is -2.18. The van der Waals surface area contributed by atoms with Crippen molar-refractivity contribution < 1.29 is 14.3 Å². The van der Waals surface area contributed by atoms with Crippen molar-refractivity contribution in [2.24, 2.45) is 11.7 Å². The van der Waals surface area contributed by atoms with Crippen LogP contribution < -0.4 is 5.73 Å². The zero-order chi connectivity index (χ0) is 8.48. The molecule has 0 heterocycles. The quantitative estimate of drug-likeness (QED) is 0.571. The number of rotatable bonds is 2. The molecule has 0 fully saturated rings. The van der Waals surface area contributed by atoms with E-state index in [-0.39, 0.29) is 0 Å². The van der Waals surface area contributed by atoms with Crippen molar-refractivity contribution in [1.82, 2.24) is 0 Å². The van der Waals surface area contributed by atoms with Crippen molar-refractivity contribution in [3.63, 3.8) is 0 Å². The number of carboxylic acid groups (broad SMARTS) is 1. The summed E-state index contributed by atoms with van der Waals surface area (Å²) in [4.78, 5) is 10.2. The molecule has 0 aliphatic heterocycles. The van der Waals surface area contributed by atoms with Gasteiger partial charge in [0.25, 0.3) is 5.79 Å². The molecule has 0 saturated carbocycles. The lowest BCUT2D eigenvalue weighted by molar-refractivity contribution is -0.152. The molecule has 0 bridgehead atoms. The molecular weight excluding hydrogens is 149 g/mol. The molecule has 1 unspecified atom stereocenters. The van der Waals surface area contributed by atoms with Gasteiger partial charge in [0.05, 0.1) is 5.92 Å². The van der Waals surface area contributed by atoms with Crippen molar-refractivity contribution in [3.05, 3.63) is 24.3 Å². The van der Waals surface area contributed by atoms with E-state index in [9.17, 15) is 9.18 Å². The fourth-order valence-corrected chi connectivity index (χ4v) is 0.855. The molecule has 4 heteroatoms. The summed E-state index contributed by atoms with van der Waals surface area (Å²) in [6, 6.07) is 0. The molecule has 0 amide bonds. The minimum absolute atomic E-state index is 0.847. The first-order valence-electron chi connectivity index (χ1n) is 3.11. The molecular formula is C7H8FNO2. The number of carbonyl (C=O) groups is 1. The van der Waals surface area contributed by atoms with Crippen LogP contribution in [-0.4, -0.2) is 16.9 Å². The van der Waals surface area contributed by atoms with E-state index in [4.69, 9.17) is 10.8 Å². The number of carboxylic acids is 1. The van der Waals surface area contributed by atoms with Crippen LogP contribution in [-0.2, 0) is 4.79 Å². The van der Waals surface area contributed by atoms with Crippen molar-refractivity contribution in [2.45, 2.75) is 5.79 Å². The van der Waals surface area contributed by atoms with Crippen molar-refractivity contribution >= 4 is 5.97 Å². The zero-order valence-corrected chi connectivity index (χ0v) is 5.70. The maximum atomic E-state index is 13.0. The Morgan fingerprint density at radius 2 is 2.00 bits per heavy atom. The molecule has 1 atom stereocenters. The fraction of sp³-hybridized carbons (Fsp3) is 0.286. The molecule has 0 aromatic rings. The summed E-state index contributed by atoms with van der Waals surface area (Å²) in [5.74, 6) is -5.16. The molecule has 0 radical (unpaired) electrons. The molecule has 0 spiro atoms. The van der Waals surface area contributed by atoms with Crippen LogP contribution in [0.25, 0.3) is 0 Å². The number of alkyl halides is 1. The molecule has 0 aromatic heterocycles. The van der Waals surface area contributed by atoms with Crippen LogP contribution in [0, 0.1) is 5.92 Å². The van der Waals surface area contributed by atoms with E-state index in [2.05, 4.69) is 0 Å². The van der Waals surface area contributed by atoms with Crippen molar-refractivity contribution in [3.8, 4) is 0 Å². The van der Waals surface area contributed by atoms with Gasteiger partial charge in [0.1, 0.15) is 0 Å². The van der Waals surface area contributed by atoms with Gasteiger partial charge < -0.3 is 5.11 Å². The first kappa shape index (κ1) is 7.94. The highest BCUT2D eigenvalue weighted by Crippen LogP contribution is 2.23. The summed E-state index contributed by atoms with van der Waals surface area (Å²) in [6.07, 6.45) is 5.95. The van der Waals surface area contributed by atoms with E-state index < -0.39 is 17.7 Å². The Morgan fingerprint density at radius 3 is 2.36 bits per heavy atom. The second kappa shape index (κ2) is 2.47. The molecule has 11 heavy (non-hydrogen) atoms. The Bertz CT molecular complexity index is 221. The fourth-order valence-electron chi connectivity index (χ4n) is 0.855. The first-order chi connectivity index (χ1) is 5.05. The third-order valence-corrected chi connectivity index (χ3v) is 1.56. The van der Waals surface area contributed by atoms with Gasteiger partial charge in [-0.2, -0.15) is 0 Å². The normalized spacial score (nSPS) is 22.0. The van der Waals surface area contributed by atoms with Crippen molar-refractivity contribution in [1.29, 1.82) is 0 Å². The topological polar surface area (TPSA) is 63.3 Å². The van der Waals surface area contributed by atoms with Gasteiger partial charge in [-0.1, -0.05) is 24.3 Å². The molecule has 1 aliphatic carbocycles. The third-order valence-electron chi connectivity index (χ3n) is 1.56. The smallest absolute Gasteiger partial charge is 0.357 e. The van der Waals surface area contributed by atoms with Crippen LogP contribution in [0.15, 0.2) is 24.3 Å². The van der Waals surface area contributed by atoms with Gasteiger partial charge in [0, 0.05) is 0 Å². The molecule has 1 aliphatic rings. The maximum Gasteiger partial charge on any atom is 0.357 e. The second-order valence-electron chi connectivity index (χ2n) is 2.37. The number of allylic oxidation sites excluding steroid dienone is 2. The summed E-state index contributed by atoms with van der Waals surface area (Å²) in [7, 11) is 0. The predicted molar refractivity (Wildman–Crippen MR) is 37.4 cm³/mol. The number of hydrogen-bond acceptors (Lipinski definition) is 2. The van der Waals surface area contributed by atoms with Gasteiger partial charge in [-0.3, -0.25) is 5.73 Å². The average molecular weight is 157 g/mol. The molecule has 0 saturated heterocycles. The van der Waals surface area contributed by atoms with Gasteiger partial charge in [0.15, 0.2) is 0 Å². The van der Waals surface area contributed by atoms with Crippen LogP contribution in [0.2, 0.25) is 0 Å². The van der Waals surface area contributed by atoms with Gasteiger partial charge in [0.2, 0.25) is 0 Å². The zero-order valence-electron chi connectivity index (χ0n) is 5.70.